The van der Waals surface area contributed by atoms with Crippen molar-refractivity contribution in [2.45, 2.75) is 42.9 Å². The highest BCUT2D eigenvalue weighted by Crippen LogP contribution is 2.35. The van der Waals surface area contributed by atoms with Crippen LogP contribution in [0.1, 0.15) is 38.3 Å². The number of hydrogen-bond acceptors (Lipinski definition) is 5. The van der Waals surface area contributed by atoms with Gasteiger partial charge < -0.3 is 10.9 Å². The zero-order valence-electron chi connectivity index (χ0n) is 10.4. The summed E-state index contributed by atoms with van der Waals surface area (Å²) in [7, 11) is 0. The molecule has 1 aliphatic carbocycles. The summed E-state index contributed by atoms with van der Waals surface area (Å²) in [5.74, 6) is 0.787. The molecule has 0 aliphatic heterocycles. The molecule has 18 heavy (non-hydrogen) atoms. The maximum absolute atomic E-state index is 8.75. The molecular formula is C12H18N4OS. The van der Waals surface area contributed by atoms with Gasteiger partial charge in [0.25, 0.3) is 0 Å². The monoisotopic (exact) mass is 266 g/mol. The molecule has 98 valence electrons. The van der Waals surface area contributed by atoms with Crippen molar-refractivity contribution in [1.29, 1.82) is 0 Å². The van der Waals surface area contributed by atoms with Crippen molar-refractivity contribution in [3.8, 4) is 0 Å². The first-order chi connectivity index (χ1) is 8.70. The molecule has 0 aromatic carbocycles. The summed E-state index contributed by atoms with van der Waals surface area (Å²) in [5.41, 5.74) is 6.09. The Morgan fingerprint density at radius 3 is 2.94 bits per heavy atom. The van der Waals surface area contributed by atoms with E-state index < -0.39 is 0 Å². The van der Waals surface area contributed by atoms with Crippen molar-refractivity contribution < 1.29 is 5.21 Å². The Hall–Kier alpha value is -1.30. The van der Waals surface area contributed by atoms with Gasteiger partial charge >= 0.3 is 0 Å². The highest BCUT2D eigenvalue weighted by molar-refractivity contribution is 7.99. The lowest BCUT2D eigenvalue weighted by molar-refractivity contribution is 0.318. The molecule has 1 aromatic heterocycles. The van der Waals surface area contributed by atoms with Crippen LogP contribution in [0.5, 0.6) is 0 Å². The first-order valence-corrected chi connectivity index (χ1v) is 7.04. The van der Waals surface area contributed by atoms with E-state index in [0.717, 1.165) is 10.9 Å². The van der Waals surface area contributed by atoms with E-state index in [-0.39, 0.29) is 5.84 Å². The summed E-state index contributed by atoms with van der Waals surface area (Å²) in [6, 6.07) is 0. The van der Waals surface area contributed by atoms with Gasteiger partial charge in [-0.05, 0) is 18.8 Å². The van der Waals surface area contributed by atoms with Gasteiger partial charge in [-0.1, -0.05) is 24.9 Å². The average Bonchev–Trinajstić information content (AvgIpc) is 2.38. The number of nitrogens with two attached hydrogens (primary N) is 1. The molecule has 1 saturated carbocycles. The van der Waals surface area contributed by atoms with Gasteiger partial charge in [-0.2, -0.15) is 0 Å². The van der Waals surface area contributed by atoms with Gasteiger partial charge in [0.05, 0.1) is 0 Å². The van der Waals surface area contributed by atoms with Gasteiger partial charge in [-0.3, -0.25) is 0 Å². The number of amidine groups is 1. The lowest BCUT2D eigenvalue weighted by atomic mass is 9.91. The third-order valence-electron chi connectivity index (χ3n) is 3.18. The predicted octanol–water partition coefficient (Wildman–Crippen LogP) is 2.24. The summed E-state index contributed by atoms with van der Waals surface area (Å²) in [4.78, 5) is 8.43. The van der Waals surface area contributed by atoms with E-state index in [9.17, 15) is 0 Å². The van der Waals surface area contributed by atoms with E-state index >= 15 is 0 Å². The minimum Gasteiger partial charge on any atom is -0.409 e. The van der Waals surface area contributed by atoms with Crippen LogP contribution in [0.15, 0.2) is 22.6 Å². The van der Waals surface area contributed by atoms with Crippen LogP contribution in [0.25, 0.3) is 0 Å². The van der Waals surface area contributed by atoms with Gasteiger partial charge in [-0.25, -0.2) is 9.97 Å². The van der Waals surface area contributed by atoms with Crippen molar-refractivity contribution in [1.82, 2.24) is 9.97 Å². The molecule has 1 fully saturated rings. The van der Waals surface area contributed by atoms with Gasteiger partial charge in [0.15, 0.2) is 5.84 Å². The highest BCUT2D eigenvalue weighted by Gasteiger charge is 2.22. The molecular weight excluding hydrogens is 248 g/mol. The fourth-order valence-corrected chi connectivity index (χ4v) is 3.69. The second-order valence-electron chi connectivity index (χ2n) is 4.71. The van der Waals surface area contributed by atoms with Crippen LogP contribution in [0.4, 0.5) is 0 Å². The molecule has 0 radical (unpaired) electrons. The minimum atomic E-state index is 0.0226. The summed E-state index contributed by atoms with van der Waals surface area (Å²) < 4.78 is 0. The van der Waals surface area contributed by atoms with E-state index in [1.807, 2.05) is 0 Å². The summed E-state index contributed by atoms with van der Waals surface area (Å²) in [5, 5.41) is 13.1. The standard InChI is InChI=1S/C12H18N4OS/c1-8-3-2-4-9(7-8)18-12-10(11(13)16-17)14-5-6-15-12/h5-6,8-9,17H,2-4,7H2,1H3,(H2,13,16). The second-order valence-corrected chi connectivity index (χ2v) is 6.00. The number of rotatable bonds is 3. The van der Waals surface area contributed by atoms with Crippen molar-refractivity contribution in [3.05, 3.63) is 18.1 Å². The molecule has 2 rings (SSSR count). The minimum absolute atomic E-state index is 0.0226. The van der Waals surface area contributed by atoms with Gasteiger partial charge in [0, 0.05) is 17.6 Å². The van der Waals surface area contributed by atoms with Gasteiger partial charge in [-0.15, -0.1) is 11.8 Å². The third kappa shape index (κ3) is 3.13. The van der Waals surface area contributed by atoms with Crippen LogP contribution in [-0.4, -0.2) is 26.3 Å². The van der Waals surface area contributed by atoms with E-state index in [0.29, 0.717) is 10.9 Å². The summed E-state index contributed by atoms with van der Waals surface area (Å²) >= 11 is 1.69. The first kappa shape index (κ1) is 13.1. The number of aromatic nitrogens is 2. The molecule has 0 amide bonds. The van der Waals surface area contributed by atoms with E-state index in [4.69, 9.17) is 10.9 Å². The Morgan fingerprint density at radius 2 is 2.22 bits per heavy atom. The van der Waals surface area contributed by atoms with Crippen molar-refractivity contribution in [3.63, 3.8) is 0 Å². The molecule has 6 heteroatoms. The average molecular weight is 266 g/mol. The number of hydrogen-bond donors (Lipinski definition) is 2. The topological polar surface area (TPSA) is 84.4 Å². The highest BCUT2D eigenvalue weighted by atomic mass is 32.2. The lowest BCUT2D eigenvalue weighted by Crippen LogP contribution is -2.19. The van der Waals surface area contributed by atoms with Crippen LogP contribution in [0, 0.1) is 5.92 Å². The van der Waals surface area contributed by atoms with Crippen LogP contribution < -0.4 is 5.73 Å². The Kier molecular flexibility index (Phi) is 4.41. The summed E-state index contributed by atoms with van der Waals surface area (Å²) in [6.07, 6.45) is 8.16. The Morgan fingerprint density at radius 1 is 1.44 bits per heavy atom. The van der Waals surface area contributed by atoms with Crippen molar-refractivity contribution in [2.24, 2.45) is 16.8 Å². The number of nitrogens with zero attached hydrogens (tertiary/aromatic N) is 3. The maximum atomic E-state index is 8.75. The maximum Gasteiger partial charge on any atom is 0.191 e. The molecule has 2 atom stereocenters. The Labute approximate surface area is 111 Å². The van der Waals surface area contributed by atoms with Crippen molar-refractivity contribution in [2.75, 3.05) is 0 Å². The van der Waals surface area contributed by atoms with Crippen LogP contribution >= 0.6 is 11.8 Å². The fourth-order valence-electron chi connectivity index (χ4n) is 2.28. The molecule has 0 spiro atoms. The second kappa shape index (κ2) is 6.04. The summed E-state index contributed by atoms with van der Waals surface area (Å²) in [6.45, 7) is 2.29. The lowest BCUT2D eigenvalue weighted by Gasteiger charge is -2.26. The molecule has 0 saturated heterocycles. The Balaban J connectivity index is 2.13. The predicted molar refractivity (Wildman–Crippen MR) is 71.8 cm³/mol. The zero-order chi connectivity index (χ0) is 13.0. The van der Waals surface area contributed by atoms with Gasteiger partial charge in [0.2, 0.25) is 0 Å². The van der Waals surface area contributed by atoms with E-state index in [1.165, 1.54) is 25.7 Å². The quantitative estimate of drug-likeness (QED) is 0.379. The van der Waals surface area contributed by atoms with Crippen LogP contribution in [0.2, 0.25) is 0 Å². The van der Waals surface area contributed by atoms with Crippen molar-refractivity contribution >= 4 is 17.6 Å². The third-order valence-corrected chi connectivity index (χ3v) is 4.47. The fraction of sp³-hybridized carbons (Fsp3) is 0.583. The molecule has 3 N–H and O–H groups in total. The normalized spacial score (nSPS) is 25.1. The molecule has 2 unspecified atom stereocenters. The SMILES string of the molecule is CC1CCCC(Sc2nccnc2C(N)=NO)C1. The zero-order valence-corrected chi connectivity index (χ0v) is 11.2. The molecule has 0 bridgehead atoms. The number of oxime groups is 1. The number of thioether (sulfide) groups is 1. The molecule has 5 nitrogen and oxygen atoms in total. The first-order valence-electron chi connectivity index (χ1n) is 6.16. The smallest absolute Gasteiger partial charge is 0.191 e. The Bertz CT molecular complexity index is 438. The molecule has 1 aromatic rings. The van der Waals surface area contributed by atoms with E-state index in [2.05, 4.69) is 22.0 Å². The van der Waals surface area contributed by atoms with Gasteiger partial charge in [0.1, 0.15) is 10.7 Å². The molecule has 1 aliphatic rings. The largest absolute Gasteiger partial charge is 0.409 e. The van der Waals surface area contributed by atoms with Crippen LogP contribution in [0.3, 0.4) is 0 Å². The molecule has 1 heterocycles. The van der Waals surface area contributed by atoms with E-state index in [1.54, 1.807) is 24.2 Å². The van der Waals surface area contributed by atoms with Crippen LogP contribution in [-0.2, 0) is 0 Å².